The van der Waals surface area contributed by atoms with E-state index >= 15 is 0 Å². The summed E-state index contributed by atoms with van der Waals surface area (Å²) in [6.45, 7) is 0. The number of nitrogens with zero attached hydrogens (tertiary/aromatic N) is 2. The van der Waals surface area contributed by atoms with Gasteiger partial charge in [-0.15, -0.1) is 0 Å². The van der Waals surface area contributed by atoms with Crippen LogP contribution in [0.3, 0.4) is 0 Å². The Balaban J connectivity index is 2.22. The largest absolute Gasteiger partial charge is 0.443 e. The Kier molecular flexibility index (Phi) is 1.75. The van der Waals surface area contributed by atoms with Gasteiger partial charge in [0.05, 0.1) is 11.7 Å². The Morgan fingerprint density at radius 2 is 1.93 bits per heavy atom. The summed E-state index contributed by atoms with van der Waals surface area (Å²) >= 11 is 0. The highest BCUT2D eigenvalue weighted by molar-refractivity contribution is 5.80. The van der Waals surface area contributed by atoms with Crippen molar-refractivity contribution in [3.63, 3.8) is 0 Å². The van der Waals surface area contributed by atoms with Gasteiger partial charge in [0, 0.05) is 5.39 Å². The van der Waals surface area contributed by atoms with Crippen LogP contribution in [0.15, 0.2) is 53.3 Å². The van der Waals surface area contributed by atoms with Gasteiger partial charge in [-0.3, -0.25) is 0 Å². The molecule has 1 aromatic carbocycles. The van der Waals surface area contributed by atoms with Crippen molar-refractivity contribution >= 4 is 10.9 Å². The molecule has 0 fully saturated rings. The molecule has 0 N–H and O–H groups in total. The number of fused-ring (bicyclic) bond motifs is 1. The van der Waals surface area contributed by atoms with E-state index in [9.17, 15) is 0 Å². The van der Waals surface area contributed by atoms with Gasteiger partial charge in [-0.1, -0.05) is 24.3 Å². The fourth-order valence-electron chi connectivity index (χ4n) is 1.54. The molecule has 2 heterocycles. The van der Waals surface area contributed by atoms with E-state index in [1.165, 1.54) is 0 Å². The molecule has 72 valence electrons. The van der Waals surface area contributed by atoms with Gasteiger partial charge in [0.2, 0.25) is 5.89 Å². The zero-order valence-corrected chi connectivity index (χ0v) is 7.92. The number of oxazole rings is 1. The van der Waals surface area contributed by atoms with Crippen molar-refractivity contribution in [1.29, 1.82) is 0 Å². The number of benzene rings is 1. The third-order valence-electron chi connectivity index (χ3n) is 2.25. The molecule has 2 aromatic heterocycles. The first-order valence-corrected chi connectivity index (χ1v) is 4.69. The monoisotopic (exact) mass is 196 g/mol. The second-order valence-corrected chi connectivity index (χ2v) is 3.23. The van der Waals surface area contributed by atoms with E-state index in [0.29, 0.717) is 5.89 Å². The van der Waals surface area contributed by atoms with Crippen LogP contribution < -0.4 is 0 Å². The maximum atomic E-state index is 5.19. The summed E-state index contributed by atoms with van der Waals surface area (Å²) in [6, 6.07) is 11.9. The summed E-state index contributed by atoms with van der Waals surface area (Å²) in [5, 5.41) is 1.12. The summed E-state index contributed by atoms with van der Waals surface area (Å²) in [6.07, 6.45) is 3.17. The quantitative estimate of drug-likeness (QED) is 0.600. The molecule has 0 saturated carbocycles. The first kappa shape index (κ1) is 8.17. The molecule has 3 rings (SSSR count). The van der Waals surface area contributed by atoms with E-state index in [4.69, 9.17) is 4.42 Å². The highest BCUT2D eigenvalue weighted by Crippen LogP contribution is 2.18. The van der Waals surface area contributed by atoms with Crippen LogP contribution in [-0.4, -0.2) is 9.97 Å². The minimum absolute atomic E-state index is 0.556. The molecule has 0 amide bonds. The van der Waals surface area contributed by atoms with Gasteiger partial charge < -0.3 is 4.42 Å². The molecule has 0 atom stereocenters. The van der Waals surface area contributed by atoms with Crippen LogP contribution >= 0.6 is 0 Å². The molecule has 15 heavy (non-hydrogen) atoms. The fraction of sp³-hybridized carbons (Fsp3) is 0. The molecule has 3 heteroatoms. The summed E-state index contributed by atoms with van der Waals surface area (Å²) in [5.74, 6) is 0.556. The highest BCUT2D eigenvalue weighted by atomic mass is 16.3. The molecule has 3 nitrogen and oxygen atoms in total. The molecule has 3 aromatic rings. The maximum Gasteiger partial charge on any atom is 0.245 e. The Labute approximate surface area is 86.4 Å². The number of hydrogen-bond acceptors (Lipinski definition) is 3. The first-order chi connectivity index (χ1) is 7.43. The number of hydrogen-bond donors (Lipinski definition) is 0. The second-order valence-electron chi connectivity index (χ2n) is 3.23. The van der Waals surface area contributed by atoms with Gasteiger partial charge in [0.25, 0.3) is 0 Å². The van der Waals surface area contributed by atoms with Crippen molar-refractivity contribution in [2.45, 2.75) is 0 Å². The minimum atomic E-state index is 0.556. The lowest BCUT2D eigenvalue weighted by Crippen LogP contribution is -1.84. The van der Waals surface area contributed by atoms with Gasteiger partial charge in [-0.25, -0.2) is 9.97 Å². The lowest BCUT2D eigenvalue weighted by atomic mass is 10.2. The van der Waals surface area contributed by atoms with Crippen molar-refractivity contribution in [2.75, 3.05) is 0 Å². The van der Waals surface area contributed by atoms with Gasteiger partial charge in [-0.2, -0.15) is 0 Å². The van der Waals surface area contributed by atoms with Crippen molar-refractivity contribution in [2.24, 2.45) is 0 Å². The molecule has 0 bridgehead atoms. The topological polar surface area (TPSA) is 38.9 Å². The summed E-state index contributed by atoms with van der Waals surface area (Å²) in [7, 11) is 0. The van der Waals surface area contributed by atoms with Crippen LogP contribution in [0.5, 0.6) is 0 Å². The number of rotatable bonds is 1. The van der Waals surface area contributed by atoms with Crippen LogP contribution in [0, 0.1) is 0 Å². The summed E-state index contributed by atoms with van der Waals surface area (Å²) < 4.78 is 5.19. The molecule has 0 unspecified atom stereocenters. The van der Waals surface area contributed by atoms with Crippen LogP contribution in [0.1, 0.15) is 0 Å². The number of para-hydroxylation sites is 1. The average Bonchev–Trinajstić information content (AvgIpc) is 2.82. The SMILES string of the molecule is c1ccc2nc(-c3ncco3)ccc2c1. The molecule has 0 aliphatic carbocycles. The van der Waals surface area contributed by atoms with Crippen LogP contribution in [0.25, 0.3) is 22.5 Å². The minimum Gasteiger partial charge on any atom is -0.443 e. The third kappa shape index (κ3) is 1.38. The van der Waals surface area contributed by atoms with Crippen LogP contribution in [-0.2, 0) is 0 Å². The fourth-order valence-corrected chi connectivity index (χ4v) is 1.54. The first-order valence-electron chi connectivity index (χ1n) is 4.69. The number of pyridine rings is 1. The van der Waals surface area contributed by atoms with E-state index in [0.717, 1.165) is 16.6 Å². The van der Waals surface area contributed by atoms with Crippen LogP contribution in [0.4, 0.5) is 0 Å². The van der Waals surface area contributed by atoms with Gasteiger partial charge in [0.1, 0.15) is 12.0 Å². The van der Waals surface area contributed by atoms with Crippen molar-refractivity contribution in [1.82, 2.24) is 9.97 Å². The standard InChI is InChI=1S/C12H8N2O/c1-2-4-10-9(3-1)5-6-11(14-10)12-13-7-8-15-12/h1-8H. The molecule has 0 saturated heterocycles. The third-order valence-corrected chi connectivity index (χ3v) is 2.25. The van der Waals surface area contributed by atoms with Crippen molar-refractivity contribution < 1.29 is 4.42 Å². The zero-order chi connectivity index (χ0) is 10.1. The van der Waals surface area contributed by atoms with E-state index in [-0.39, 0.29) is 0 Å². The Hall–Kier alpha value is -2.16. The van der Waals surface area contributed by atoms with E-state index < -0.39 is 0 Å². The van der Waals surface area contributed by atoms with E-state index in [2.05, 4.69) is 9.97 Å². The molecular formula is C12H8N2O. The lowest BCUT2D eigenvalue weighted by molar-refractivity contribution is 0.572. The van der Waals surface area contributed by atoms with E-state index in [1.807, 2.05) is 36.4 Å². The van der Waals surface area contributed by atoms with Crippen LogP contribution in [0.2, 0.25) is 0 Å². The second kappa shape index (κ2) is 3.20. The average molecular weight is 196 g/mol. The molecule has 0 aliphatic heterocycles. The highest BCUT2D eigenvalue weighted by Gasteiger charge is 2.04. The Morgan fingerprint density at radius 3 is 2.80 bits per heavy atom. The number of aromatic nitrogens is 2. The van der Waals surface area contributed by atoms with E-state index in [1.54, 1.807) is 12.5 Å². The van der Waals surface area contributed by atoms with Crippen molar-refractivity contribution in [3.8, 4) is 11.6 Å². The molecular weight excluding hydrogens is 188 g/mol. The Bertz CT molecular complexity index is 587. The predicted octanol–water partition coefficient (Wildman–Crippen LogP) is 2.89. The predicted molar refractivity (Wildman–Crippen MR) is 57.2 cm³/mol. The summed E-state index contributed by atoms with van der Waals surface area (Å²) in [4.78, 5) is 8.53. The van der Waals surface area contributed by atoms with Gasteiger partial charge in [0.15, 0.2) is 0 Å². The molecule has 0 radical (unpaired) electrons. The summed E-state index contributed by atoms with van der Waals surface area (Å²) in [5.41, 5.74) is 1.71. The van der Waals surface area contributed by atoms with Crippen molar-refractivity contribution in [3.05, 3.63) is 48.9 Å². The molecule has 0 spiro atoms. The van der Waals surface area contributed by atoms with Gasteiger partial charge in [-0.05, 0) is 12.1 Å². The zero-order valence-electron chi connectivity index (χ0n) is 7.92. The maximum absolute atomic E-state index is 5.19. The smallest absolute Gasteiger partial charge is 0.245 e. The normalized spacial score (nSPS) is 10.7. The van der Waals surface area contributed by atoms with Gasteiger partial charge >= 0.3 is 0 Å². The molecule has 0 aliphatic rings. The lowest BCUT2D eigenvalue weighted by Gasteiger charge is -1.98. The Morgan fingerprint density at radius 1 is 1.00 bits per heavy atom.